The zero-order chi connectivity index (χ0) is 19.6. The van der Waals surface area contributed by atoms with Gasteiger partial charge in [0.05, 0.1) is 17.0 Å². The maximum Gasteiger partial charge on any atom is 0.276 e. The van der Waals surface area contributed by atoms with Crippen molar-refractivity contribution in [2.75, 3.05) is 13.1 Å². The molecule has 6 nitrogen and oxygen atoms in total. The number of aryl methyl sites for hydroxylation is 1. The van der Waals surface area contributed by atoms with E-state index in [0.29, 0.717) is 11.1 Å². The van der Waals surface area contributed by atoms with E-state index in [1.807, 2.05) is 0 Å². The van der Waals surface area contributed by atoms with Crippen LogP contribution in [0.4, 0.5) is 13.2 Å². The minimum absolute atomic E-state index is 0.00112. The van der Waals surface area contributed by atoms with Crippen molar-refractivity contribution in [3.05, 3.63) is 41.5 Å². The first-order valence-corrected chi connectivity index (χ1v) is 9.94. The van der Waals surface area contributed by atoms with Crippen molar-refractivity contribution >= 4 is 10.2 Å². The van der Waals surface area contributed by atoms with Crippen LogP contribution in [0.1, 0.15) is 30.0 Å². The van der Waals surface area contributed by atoms with Gasteiger partial charge >= 0.3 is 0 Å². The number of nitrogens with zero attached hydrogens (tertiary/aromatic N) is 2. The molecule has 146 valence electrons. The molecule has 2 aromatic rings. The van der Waals surface area contributed by atoms with Crippen molar-refractivity contribution < 1.29 is 26.0 Å². The number of piperidine rings is 1. The minimum Gasteiger partial charge on any atom is -0.444 e. The Labute approximate surface area is 154 Å². The van der Waals surface area contributed by atoms with Gasteiger partial charge in [-0.1, -0.05) is 0 Å². The Hall–Kier alpha value is -1.91. The lowest BCUT2D eigenvalue weighted by atomic mass is 9.91. The standard InChI is InChI=1S/C17H18F3N3O3S/c1-10-8-11(18)2-3-12(10)15-22-13(9-26-15)14-16(17(14,19)20)4-6-23(7-5-16)27(21,24)25/h2-3,8-9,14H,4-7H2,1H3,(H2,21,24,25)/t14-/m0/s1. The number of oxazole rings is 1. The number of hydrogen-bond acceptors (Lipinski definition) is 4. The number of hydrogen-bond donors (Lipinski definition) is 1. The lowest BCUT2D eigenvalue weighted by Crippen LogP contribution is -2.43. The summed E-state index contributed by atoms with van der Waals surface area (Å²) < 4.78 is 71.8. The summed E-state index contributed by atoms with van der Waals surface area (Å²) in [5.74, 6) is -4.38. The van der Waals surface area contributed by atoms with Crippen molar-refractivity contribution in [1.29, 1.82) is 0 Å². The molecular formula is C17H18F3N3O3S. The van der Waals surface area contributed by atoms with Crippen LogP contribution in [0.15, 0.2) is 28.9 Å². The van der Waals surface area contributed by atoms with Crippen molar-refractivity contribution in [3.8, 4) is 11.5 Å². The highest BCUT2D eigenvalue weighted by molar-refractivity contribution is 7.86. The van der Waals surface area contributed by atoms with Gasteiger partial charge in [0.25, 0.3) is 16.1 Å². The summed E-state index contributed by atoms with van der Waals surface area (Å²) in [6.45, 7) is 1.58. The van der Waals surface area contributed by atoms with Crippen LogP contribution in [0.5, 0.6) is 0 Å². The summed E-state index contributed by atoms with van der Waals surface area (Å²) in [5.41, 5.74) is -0.0881. The lowest BCUT2D eigenvalue weighted by molar-refractivity contribution is 0.0412. The molecule has 1 aliphatic carbocycles. The normalized spacial score (nSPS) is 24.3. The Balaban J connectivity index is 1.59. The summed E-state index contributed by atoms with van der Waals surface area (Å²) in [5, 5.41) is 5.08. The fourth-order valence-electron chi connectivity index (χ4n) is 4.15. The molecule has 2 fully saturated rings. The van der Waals surface area contributed by atoms with E-state index in [-0.39, 0.29) is 37.5 Å². The van der Waals surface area contributed by atoms with E-state index in [4.69, 9.17) is 9.56 Å². The summed E-state index contributed by atoms with van der Waals surface area (Å²) >= 11 is 0. The predicted molar refractivity (Wildman–Crippen MR) is 90.7 cm³/mol. The van der Waals surface area contributed by atoms with Crippen molar-refractivity contribution in [3.63, 3.8) is 0 Å². The van der Waals surface area contributed by atoms with Crippen LogP contribution in [0.3, 0.4) is 0 Å². The molecule has 0 unspecified atom stereocenters. The van der Waals surface area contributed by atoms with Crippen LogP contribution in [0.25, 0.3) is 11.5 Å². The second-order valence-electron chi connectivity index (χ2n) is 7.19. The zero-order valence-electron chi connectivity index (χ0n) is 14.5. The molecule has 27 heavy (non-hydrogen) atoms. The Morgan fingerprint density at radius 2 is 1.96 bits per heavy atom. The van der Waals surface area contributed by atoms with E-state index < -0.39 is 33.3 Å². The first kappa shape index (κ1) is 18.5. The van der Waals surface area contributed by atoms with E-state index in [0.717, 1.165) is 4.31 Å². The molecule has 2 aliphatic rings. The molecule has 2 N–H and O–H groups in total. The van der Waals surface area contributed by atoms with Crippen LogP contribution in [0, 0.1) is 18.2 Å². The van der Waals surface area contributed by atoms with E-state index in [1.54, 1.807) is 6.92 Å². The lowest BCUT2D eigenvalue weighted by Gasteiger charge is -2.30. The van der Waals surface area contributed by atoms with Gasteiger partial charge in [-0.2, -0.15) is 12.7 Å². The van der Waals surface area contributed by atoms with Gasteiger partial charge in [0.1, 0.15) is 12.1 Å². The van der Waals surface area contributed by atoms with Gasteiger partial charge in [-0.05, 0) is 43.5 Å². The average molecular weight is 401 g/mol. The number of halogens is 3. The number of nitrogens with two attached hydrogens (primary N) is 1. The van der Waals surface area contributed by atoms with E-state index in [2.05, 4.69) is 4.98 Å². The first-order valence-electron chi connectivity index (χ1n) is 8.44. The monoisotopic (exact) mass is 401 g/mol. The predicted octanol–water partition coefficient (Wildman–Crippen LogP) is 2.81. The van der Waals surface area contributed by atoms with Crippen LogP contribution in [0.2, 0.25) is 0 Å². The van der Waals surface area contributed by atoms with E-state index in [1.165, 1.54) is 24.5 Å². The highest BCUT2D eigenvalue weighted by Gasteiger charge is 2.81. The van der Waals surface area contributed by atoms with Gasteiger partial charge in [-0.25, -0.2) is 23.3 Å². The third kappa shape index (κ3) is 2.77. The number of benzene rings is 1. The molecule has 4 rings (SSSR count). The molecular weight excluding hydrogens is 383 g/mol. The van der Waals surface area contributed by atoms with Gasteiger partial charge in [-0.3, -0.25) is 0 Å². The SMILES string of the molecule is Cc1cc(F)ccc1-c1nc([C@@H]2C(F)(F)C23CCN(S(N)(=O)=O)CC3)co1. The van der Waals surface area contributed by atoms with E-state index >= 15 is 0 Å². The van der Waals surface area contributed by atoms with Gasteiger partial charge in [0, 0.05) is 18.7 Å². The number of aromatic nitrogens is 1. The number of alkyl halides is 2. The quantitative estimate of drug-likeness (QED) is 0.857. The molecule has 0 radical (unpaired) electrons. The molecule has 2 heterocycles. The Morgan fingerprint density at radius 1 is 1.30 bits per heavy atom. The van der Waals surface area contributed by atoms with Gasteiger partial charge in [-0.15, -0.1) is 0 Å². The van der Waals surface area contributed by atoms with Crippen LogP contribution < -0.4 is 5.14 Å². The molecule has 0 bridgehead atoms. The second kappa shape index (κ2) is 5.79. The third-order valence-electron chi connectivity index (χ3n) is 5.71. The van der Waals surface area contributed by atoms with Crippen LogP contribution >= 0.6 is 0 Å². The van der Waals surface area contributed by atoms with Gasteiger partial charge in [0.15, 0.2) is 0 Å². The van der Waals surface area contributed by atoms with Gasteiger partial charge < -0.3 is 4.42 Å². The molecule has 1 saturated carbocycles. The second-order valence-corrected chi connectivity index (χ2v) is 8.74. The maximum absolute atomic E-state index is 14.7. The largest absolute Gasteiger partial charge is 0.444 e. The zero-order valence-corrected chi connectivity index (χ0v) is 15.3. The molecule has 1 aliphatic heterocycles. The molecule has 1 aromatic heterocycles. The highest BCUT2D eigenvalue weighted by Crippen LogP contribution is 2.75. The summed E-state index contributed by atoms with van der Waals surface area (Å²) in [4.78, 5) is 4.22. The topological polar surface area (TPSA) is 89.4 Å². The van der Waals surface area contributed by atoms with Crippen molar-refractivity contribution in [1.82, 2.24) is 9.29 Å². The summed E-state index contributed by atoms with van der Waals surface area (Å²) in [7, 11) is -3.88. The van der Waals surface area contributed by atoms with Crippen LogP contribution in [-0.4, -0.2) is 36.7 Å². The van der Waals surface area contributed by atoms with Gasteiger partial charge in [0.2, 0.25) is 5.89 Å². The molecule has 10 heteroatoms. The Bertz CT molecular complexity index is 998. The molecule has 1 atom stereocenters. The fraction of sp³-hybridized carbons (Fsp3) is 0.471. The average Bonchev–Trinajstić information content (AvgIpc) is 2.87. The smallest absolute Gasteiger partial charge is 0.276 e. The molecule has 1 saturated heterocycles. The summed E-state index contributed by atoms with van der Waals surface area (Å²) in [6.07, 6.45) is 1.20. The Kier molecular flexibility index (Phi) is 3.96. The van der Waals surface area contributed by atoms with E-state index in [9.17, 15) is 21.6 Å². The minimum atomic E-state index is -3.88. The first-order chi connectivity index (χ1) is 12.6. The highest BCUT2D eigenvalue weighted by atomic mass is 32.2. The molecule has 1 spiro atoms. The molecule has 1 aromatic carbocycles. The third-order valence-corrected chi connectivity index (χ3v) is 6.79. The van der Waals surface area contributed by atoms with Crippen molar-refractivity contribution in [2.24, 2.45) is 10.6 Å². The van der Waals surface area contributed by atoms with Crippen LogP contribution in [-0.2, 0) is 10.2 Å². The Morgan fingerprint density at radius 3 is 2.56 bits per heavy atom. The summed E-state index contributed by atoms with van der Waals surface area (Å²) in [6, 6.07) is 4.06. The van der Waals surface area contributed by atoms with Crippen molar-refractivity contribution in [2.45, 2.75) is 31.6 Å². The number of rotatable bonds is 3. The maximum atomic E-state index is 14.7. The fourth-order valence-corrected chi connectivity index (χ4v) is 4.84. The molecule has 0 amide bonds.